The number of hydrogen-bond acceptors (Lipinski definition) is 0. The lowest BCUT2D eigenvalue weighted by Gasteiger charge is -2.24. The van der Waals surface area contributed by atoms with E-state index in [0.717, 1.165) is 13.1 Å². The summed E-state index contributed by atoms with van der Waals surface area (Å²) in [4.78, 5) is 0. The molecule has 5 heterocycles. The number of aryl methyl sites for hydroxylation is 2. The van der Waals surface area contributed by atoms with Gasteiger partial charge in [-0.05, 0) is 55.3 Å². The largest absolute Gasteiger partial charge is 0.278 e. The Balaban J connectivity index is 1.46. The van der Waals surface area contributed by atoms with Gasteiger partial charge in [0, 0.05) is 47.5 Å². The molecule has 0 spiro atoms. The number of rotatable bonds is 2. The molecule has 0 aliphatic carbocycles. The van der Waals surface area contributed by atoms with E-state index in [1.165, 1.54) is 56.4 Å². The molecule has 7 rings (SSSR count). The molecule has 0 saturated carbocycles. The molecule has 0 atom stereocenters. The predicted octanol–water partition coefficient (Wildman–Crippen LogP) is 5.40. The van der Waals surface area contributed by atoms with E-state index < -0.39 is 0 Å². The number of nitrogens with zero attached hydrogens (tertiary/aromatic N) is 3. The highest BCUT2D eigenvalue weighted by Crippen LogP contribution is 2.31. The summed E-state index contributed by atoms with van der Waals surface area (Å²) >= 11 is 0. The Hall–Kier alpha value is -4.11. The Bertz CT molecular complexity index is 1520. The molecule has 0 fully saturated rings. The summed E-state index contributed by atoms with van der Waals surface area (Å²) in [5, 5.41) is 0. The minimum Gasteiger partial charge on any atom is -0.179 e. The maximum absolute atomic E-state index is 2.58. The molecule has 168 valence electrons. The van der Waals surface area contributed by atoms with Gasteiger partial charge in [0.2, 0.25) is 24.5 Å². The summed E-state index contributed by atoms with van der Waals surface area (Å²) in [5.41, 5.74) is 13.0. The van der Waals surface area contributed by atoms with Gasteiger partial charge in [0.1, 0.15) is 0 Å². The van der Waals surface area contributed by atoms with Gasteiger partial charge in [0.25, 0.3) is 28.8 Å². The Morgan fingerprint density at radius 1 is 0.457 bits per heavy atom. The molecule has 0 N–H and O–H groups in total. The van der Waals surface area contributed by atoms with Gasteiger partial charge in [-0.25, -0.2) is 0 Å². The fourth-order valence-electron chi connectivity index (χ4n) is 6.09. The summed E-state index contributed by atoms with van der Waals surface area (Å²) in [6.07, 6.45) is 0. The highest BCUT2D eigenvalue weighted by Gasteiger charge is 2.49. The number of pyridine rings is 3. The second-order valence-corrected chi connectivity index (χ2v) is 9.76. The van der Waals surface area contributed by atoms with Crippen LogP contribution in [0.5, 0.6) is 0 Å². The van der Waals surface area contributed by atoms with Crippen LogP contribution in [0.4, 0.5) is 0 Å². The minimum absolute atomic E-state index is 0.339. The fraction of sp³-hybridized carbons (Fsp3) is 0.156. The molecule has 0 unspecified atom stereocenters. The third-order valence-corrected chi connectivity index (χ3v) is 7.73. The highest BCUT2D eigenvalue weighted by molar-refractivity contribution is 5.64. The van der Waals surface area contributed by atoms with Gasteiger partial charge in [-0.15, -0.1) is 0 Å². The van der Waals surface area contributed by atoms with Crippen molar-refractivity contribution in [3.63, 3.8) is 0 Å². The Labute approximate surface area is 206 Å². The predicted molar refractivity (Wildman–Crippen MR) is 137 cm³/mol. The molecule has 3 aromatic heterocycles. The third-order valence-electron chi connectivity index (χ3n) is 7.73. The van der Waals surface area contributed by atoms with Gasteiger partial charge >= 0.3 is 0 Å². The number of aromatic nitrogens is 3. The Morgan fingerprint density at radius 3 is 1.31 bits per heavy atom. The van der Waals surface area contributed by atoms with E-state index in [-0.39, 0.29) is 0 Å². The Morgan fingerprint density at radius 2 is 0.857 bits per heavy atom. The fourth-order valence-corrected chi connectivity index (χ4v) is 6.09. The molecule has 5 aromatic rings. The van der Waals surface area contributed by atoms with Crippen molar-refractivity contribution < 1.29 is 13.7 Å². The van der Waals surface area contributed by atoms with Crippen LogP contribution in [0.15, 0.2) is 103 Å². The molecule has 35 heavy (non-hydrogen) atoms. The van der Waals surface area contributed by atoms with Crippen LogP contribution in [0, 0.1) is 13.8 Å². The van der Waals surface area contributed by atoms with Crippen LogP contribution in [0.1, 0.15) is 17.2 Å². The monoisotopic (exact) mass is 454 g/mol. The maximum atomic E-state index is 2.58. The van der Waals surface area contributed by atoms with Gasteiger partial charge in [-0.3, -0.25) is 0 Å². The summed E-state index contributed by atoms with van der Waals surface area (Å²) in [6.45, 7) is 6.31. The van der Waals surface area contributed by atoms with E-state index in [4.69, 9.17) is 0 Å². The van der Waals surface area contributed by atoms with Crippen molar-refractivity contribution in [2.24, 2.45) is 0 Å². The van der Waals surface area contributed by atoms with Crippen LogP contribution in [0.3, 0.4) is 0 Å². The smallest absolute Gasteiger partial charge is 0.179 e. The topological polar surface area (TPSA) is 11.6 Å². The summed E-state index contributed by atoms with van der Waals surface area (Å²) in [7, 11) is 0. The average molecular weight is 455 g/mol. The number of hydrogen-bond donors (Lipinski definition) is 0. The minimum atomic E-state index is 0.339. The molecular formula is C32H28N3+3. The molecule has 2 aliphatic heterocycles. The molecular weight excluding hydrogens is 426 g/mol. The van der Waals surface area contributed by atoms with Crippen molar-refractivity contribution in [2.45, 2.75) is 33.0 Å². The second kappa shape index (κ2) is 7.71. The van der Waals surface area contributed by atoms with Crippen LogP contribution in [-0.4, -0.2) is 0 Å². The summed E-state index contributed by atoms with van der Waals surface area (Å²) in [5.74, 6) is 0. The number of benzene rings is 2. The lowest BCUT2D eigenvalue weighted by molar-refractivity contribution is -0.857. The standard InChI is InChI=1S/C32H28N3/c1-22-10-3-5-12-25(22)27-14-7-16-29-31-18-9-19-32-30-17-8-15-28(26-13-6-4-11-23(26)2)34(30)21-24(35(31)32)20-33(27)29/h3-19,24H,20-21H2,1-2H3/q+3. The van der Waals surface area contributed by atoms with Crippen molar-refractivity contribution >= 4 is 0 Å². The lowest BCUT2D eigenvalue weighted by Crippen LogP contribution is -2.65. The van der Waals surface area contributed by atoms with Crippen molar-refractivity contribution in [2.75, 3.05) is 0 Å². The van der Waals surface area contributed by atoms with E-state index in [9.17, 15) is 0 Å². The zero-order valence-electron chi connectivity index (χ0n) is 20.1. The van der Waals surface area contributed by atoms with Gasteiger partial charge in [-0.1, -0.05) is 36.4 Å². The molecule has 3 nitrogen and oxygen atoms in total. The third kappa shape index (κ3) is 3.01. The zero-order chi connectivity index (χ0) is 23.5. The zero-order valence-corrected chi connectivity index (χ0v) is 20.1. The van der Waals surface area contributed by atoms with E-state index in [1.54, 1.807) is 0 Å². The van der Waals surface area contributed by atoms with E-state index in [0.29, 0.717) is 6.04 Å². The van der Waals surface area contributed by atoms with Crippen LogP contribution in [0.2, 0.25) is 0 Å². The van der Waals surface area contributed by atoms with E-state index in [2.05, 4.69) is 131 Å². The van der Waals surface area contributed by atoms with Gasteiger partial charge in [-0.2, -0.15) is 13.7 Å². The maximum Gasteiger partial charge on any atom is 0.278 e. The first kappa shape index (κ1) is 20.3. The lowest BCUT2D eigenvalue weighted by atomic mass is 9.98. The van der Waals surface area contributed by atoms with E-state index in [1.807, 2.05) is 0 Å². The summed E-state index contributed by atoms with van der Waals surface area (Å²) in [6, 6.07) is 38.1. The van der Waals surface area contributed by atoms with Crippen molar-refractivity contribution in [1.82, 2.24) is 0 Å². The Kier molecular flexibility index (Phi) is 4.47. The molecule has 0 bridgehead atoms. The molecule has 2 aliphatic rings. The van der Waals surface area contributed by atoms with Crippen molar-refractivity contribution in [1.29, 1.82) is 0 Å². The van der Waals surface area contributed by atoms with Crippen molar-refractivity contribution in [3.8, 4) is 45.3 Å². The molecule has 0 radical (unpaired) electrons. The molecule has 3 heteroatoms. The highest BCUT2D eigenvalue weighted by atomic mass is 15.2. The molecule has 0 saturated heterocycles. The first-order chi connectivity index (χ1) is 17.2. The number of fused-ring (bicyclic) bond motifs is 4. The van der Waals surface area contributed by atoms with Crippen LogP contribution in [-0.2, 0) is 13.1 Å². The van der Waals surface area contributed by atoms with Gasteiger partial charge in [0.15, 0.2) is 0 Å². The first-order valence-corrected chi connectivity index (χ1v) is 12.4. The second-order valence-electron chi connectivity index (χ2n) is 9.76. The molecule has 0 amide bonds. The first-order valence-electron chi connectivity index (χ1n) is 12.4. The summed E-state index contributed by atoms with van der Waals surface area (Å²) < 4.78 is 7.65. The average Bonchev–Trinajstić information content (AvgIpc) is 2.89. The van der Waals surface area contributed by atoms with E-state index >= 15 is 0 Å². The van der Waals surface area contributed by atoms with Crippen LogP contribution in [0.25, 0.3) is 45.3 Å². The SMILES string of the molecule is Cc1ccccc1-c1cccc2[n+]1CC1C[n+]3c(-c4ccccc4C)cccc3-c3cccc-2[n+]31. The van der Waals surface area contributed by atoms with Gasteiger partial charge in [0.05, 0.1) is 0 Å². The normalized spacial score (nSPS) is 13.7. The van der Waals surface area contributed by atoms with Gasteiger partial charge < -0.3 is 0 Å². The van der Waals surface area contributed by atoms with Crippen LogP contribution >= 0.6 is 0 Å². The van der Waals surface area contributed by atoms with Crippen LogP contribution < -0.4 is 13.7 Å². The quantitative estimate of drug-likeness (QED) is 0.317. The molecule has 2 aromatic carbocycles. The van der Waals surface area contributed by atoms with Crippen molar-refractivity contribution in [3.05, 3.63) is 114 Å².